The Labute approximate surface area is 250 Å². The molecule has 2 unspecified atom stereocenters. The first-order chi connectivity index (χ1) is 20.5. The van der Waals surface area contributed by atoms with Crippen molar-refractivity contribution in [3.63, 3.8) is 0 Å². The normalized spacial score (nSPS) is 15.9. The van der Waals surface area contributed by atoms with Crippen LogP contribution < -0.4 is 10.9 Å². The van der Waals surface area contributed by atoms with Gasteiger partial charge in [0.05, 0.1) is 28.7 Å². The van der Waals surface area contributed by atoms with Crippen LogP contribution in [0, 0.1) is 13.8 Å². The lowest BCUT2D eigenvalue weighted by molar-refractivity contribution is -0.154. The Morgan fingerprint density at radius 2 is 1.63 bits per heavy atom. The third kappa shape index (κ3) is 5.91. The summed E-state index contributed by atoms with van der Waals surface area (Å²) in [5.41, 5.74) is 3.42. The van der Waals surface area contributed by atoms with Gasteiger partial charge in [-0.15, -0.1) is 0 Å². The van der Waals surface area contributed by atoms with E-state index in [9.17, 15) is 22.8 Å². The second-order valence-electron chi connectivity index (χ2n) is 10.7. The average Bonchev–Trinajstić information content (AvgIpc) is 3.20. The molecule has 2 heterocycles. The van der Waals surface area contributed by atoms with Crippen LogP contribution in [0.4, 0.5) is 5.69 Å². The minimum Gasteiger partial charge on any atom is -0.452 e. The Kier molecular flexibility index (Phi) is 8.38. The van der Waals surface area contributed by atoms with Crippen LogP contribution in [-0.2, 0) is 37.8 Å². The summed E-state index contributed by atoms with van der Waals surface area (Å²) < 4.78 is 37.3. The van der Waals surface area contributed by atoms with E-state index in [1.54, 1.807) is 61.1 Å². The number of carbonyl (C=O) groups is 2. The molecule has 1 aliphatic rings. The molecule has 10 nitrogen and oxygen atoms in total. The van der Waals surface area contributed by atoms with Gasteiger partial charge < -0.3 is 10.1 Å². The topological polar surface area (TPSA) is 120 Å². The number of aryl methyl sites for hydroxylation is 1. The maximum atomic E-state index is 13.7. The minimum atomic E-state index is -3.93. The van der Waals surface area contributed by atoms with Crippen LogP contribution >= 0.6 is 0 Å². The van der Waals surface area contributed by atoms with Crippen molar-refractivity contribution in [1.82, 2.24) is 13.7 Å². The zero-order valence-corrected chi connectivity index (χ0v) is 25.3. The molecule has 0 spiro atoms. The van der Waals surface area contributed by atoms with Gasteiger partial charge in [-0.2, -0.15) is 4.31 Å². The molecule has 1 aliphatic heterocycles. The summed E-state index contributed by atoms with van der Waals surface area (Å²) in [5, 5.41) is 2.62. The number of nitrogens with zero attached hydrogens (tertiary/aromatic N) is 3. The van der Waals surface area contributed by atoms with E-state index in [2.05, 4.69) is 5.32 Å². The fraction of sp³-hybridized carbons (Fsp3) is 0.281. The highest BCUT2D eigenvalue weighted by atomic mass is 32.2. The monoisotopic (exact) mass is 602 g/mol. The molecule has 0 bridgehead atoms. The number of carbonyl (C=O) groups excluding carboxylic acids is 2. The van der Waals surface area contributed by atoms with Gasteiger partial charge in [-0.3, -0.25) is 19.1 Å². The molecule has 0 saturated carbocycles. The Balaban J connectivity index is 1.34. The SMILES string of the molecule is Cc1ccc(S(=O)(=O)N2CCc3ccccc3C2CC(=O)OC(C)C(=O)Nc2c(C)n(C)n(-c3ccccc3)c2=O)cc1. The van der Waals surface area contributed by atoms with E-state index in [4.69, 9.17) is 4.74 Å². The molecule has 0 saturated heterocycles. The number of benzene rings is 3. The molecule has 0 fully saturated rings. The highest BCUT2D eigenvalue weighted by Crippen LogP contribution is 2.36. The van der Waals surface area contributed by atoms with E-state index in [1.165, 1.54) is 15.9 Å². The van der Waals surface area contributed by atoms with Gasteiger partial charge in [0.1, 0.15) is 5.69 Å². The van der Waals surface area contributed by atoms with Crippen LogP contribution in [0.5, 0.6) is 0 Å². The number of aromatic nitrogens is 2. The summed E-state index contributed by atoms with van der Waals surface area (Å²) >= 11 is 0. The van der Waals surface area contributed by atoms with Gasteiger partial charge in [0.15, 0.2) is 6.10 Å². The third-order valence-electron chi connectivity index (χ3n) is 7.83. The lowest BCUT2D eigenvalue weighted by atomic mass is 9.92. The van der Waals surface area contributed by atoms with E-state index in [0.717, 1.165) is 16.7 Å². The van der Waals surface area contributed by atoms with Crippen LogP contribution in [0.15, 0.2) is 88.6 Å². The number of hydrogen-bond donors (Lipinski definition) is 1. The molecular formula is C32H34N4O6S. The van der Waals surface area contributed by atoms with Gasteiger partial charge in [0.25, 0.3) is 11.5 Å². The van der Waals surface area contributed by atoms with E-state index in [-0.39, 0.29) is 23.5 Å². The molecule has 2 atom stereocenters. The predicted molar refractivity (Wildman–Crippen MR) is 163 cm³/mol. The molecule has 0 radical (unpaired) electrons. The Bertz CT molecular complexity index is 1830. The summed E-state index contributed by atoms with van der Waals surface area (Å²) in [7, 11) is -2.22. The largest absolute Gasteiger partial charge is 0.452 e. The first-order valence-corrected chi connectivity index (χ1v) is 15.4. The van der Waals surface area contributed by atoms with Crippen LogP contribution in [-0.4, -0.2) is 46.6 Å². The van der Waals surface area contributed by atoms with Crippen LogP contribution in [0.25, 0.3) is 5.69 Å². The van der Waals surface area contributed by atoms with Gasteiger partial charge in [0, 0.05) is 13.6 Å². The lowest BCUT2D eigenvalue weighted by Crippen LogP contribution is -2.41. The van der Waals surface area contributed by atoms with Crippen molar-refractivity contribution >= 4 is 27.6 Å². The second kappa shape index (κ2) is 12.0. The molecule has 5 rings (SSSR count). The lowest BCUT2D eigenvalue weighted by Gasteiger charge is -2.36. The molecule has 0 aliphatic carbocycles. The molecule has 1 amide bonds. The fourth-order valence-electron chi connectivity index (χ4n) is 5.37. The van der Waals surface area contributed by atoms with Crippen molar-refractivity contribution in [3.8, 4) is 5.69 Å². The first-order valence-electron chi connectivity index (χ1n) is 14.0. The van der Waals surface area contributed by atoms with E-state index < -0.39 is 39.6 Å². The second-order valence-corrected chi connectivity index (χ2v) is 12.5. The Hall–Kier alpha value is -4.48. The van der Waals surface area contributed by atoms with Gasteiger partial charge in [0.2, 0.25) is 10.0 Å². The molecule has 1 aromatic heterocycles. The summed E-state index contributed by atoms with van der Waals surface area (Å²) in [5.74, 6) is -1.41. The molecular weight excluding hydrogens is 568 g/mol. The number of rotatable bonds is 8. The van der Waals surface area contributed by atoms with E-state index >= 15 is 0 Å². The maximum absolute atomic E-state index is 13.7. The van der Waals surface area contributed by atoms with E-state index in [0.29, 0.717) is 17.8 Å². The quantitative estimate of drug-likeness (QED) is 0.304. The molecule has 224 valence electrons. The first kappa shape index (κ1) is 30.0. The van der Waals surface area contributed by atoms with Crippen molar-refractivity contribution in [1.29, 1.82) is 0 Å². The van der Waals surface area contributed by atoms with Crippen LogP contribution in [0.1, 0.15) is 41.8 Å². The number of hydrogen-bond acceptors (Lipinski definition) is 6. The minimum absolute atomic E-state index is 0.0795. The summed E-state index contributed by atoms with van der Waals surface area (Å²) in [6, 6.07) is 22.2. The fourth-order valence-corrected chi connectivity index (χ4v) is 6.97. The highest BCUT2D eigenvalue weighted by molar-refractivity contribution is 7.89. The van der Waals surface area contributed by atoms with Gasteiger partial charge in [-0.25, -0.2) is 13.1 Å². The number of amides is 1. The van der Waals surface area contributed by atoms with Crippen LogP contribution in [0.2, 0.25) is 0 Å². The zero-order chi connectivity index (χ0) is 30.9. The van der Waals surface area contributed by atoms with Crippen molar-refractivity contribution in [2.75, 3.05) is 11.9 Å². The Morgan fingerprint density at radius 1 is 0.977 bits per heavy atom. The van der Waals surface area contributed by atoms with Gasteiger partial charge in [-0.1, -0.05) is 60.2 Å². The zero-order valence-electron chi connectivity index (χ0n) is 24.5. The van der Waals surface area contributed by atoms with Gasteiger partial charge >= 0.3 is 5.97 Å². The maximum Gasteiger partial charge on any atom is 0.308 e. The predicted octanol–water partition coefficient (Wildman–Crippen LogP) is 4.04. The van der Waals surface area contributed by atoms with E-state index in [1.807, 2.05) is 43.3 Å². The summed E-state index contributed by atoms with van der Waals surface area (Å²) in [4.78, 5) is 39.6. The smallest absolute Gasteiger partial charge is 0.308 e. The summed E-state index contributed by atoms with van der Waals surface area (Å²) in [6.07, 6.45) is -1.02. The molecule has 3 aromatic carbocycles. The van der Waals surface area contributed by atoms with Crippen molar-refractivity contribution in [3.05, 3.63) is 112 Å². The third-order valence-corrected chi connectivity index (χ3v) is 9.75. The number of esters is 1. The molecule has 1 N–H and O–H groups in total. The Morgan fingerprint density at radius 3 is 2.33 bits per heavy atom. The summed E-state index contributed by atoms with van der Waals surface area (Å²) in [6.45, 7) is 5.19. The molecule has 4 aromatic rings. The average molecular weight is 603 g/mol. The molecule has 11 heteroatoms. The number of para-hydroxylation sites is 1. The van der Waals surface area contributed by atoms with Crippen LogP contribution in [0.3, 0.4) is 0 Å². The number of fused-ring (bicyclic) bond motifs is 1. The standard InChI is InChI=1S/C32H34N4O6S/c1-21-14-16-26(17-15-21)43(40,41)35-19-18-24-10-8-9-13-27(24)28(35)20-29(37)42-23(3)31(38)33-30-22(2)34(4)36(32(30)39)25-11-6-5-7-12-25/h5-17,23,28H,18-20H2,1-4H3,(H,33,38). The molecule has 43 heavy (non-hydrogen) atoms. The van der Waals surface area contributed by atoms with Gasteiger partial charge in [-0.05, 0) is 62.6 Å². The highest BCUT2D eigenvalue weighted by Gasteiger charge is 2.38. The number of nitrogens with one attached hydrogen (secondary N) is 1. The number of anilines is 1. The van der Waals surface area contributed by atoms with Crippen molar-refractivity contribution in [2.45, 2.75) is 50.7 Å². The number of ether oxygens (including phenoxy) is 1. The number of sulfonamides is 1. The van der Waals surface area contributed by atoms with Crippen molar-refractivity contribution < 1.29 is 22.7 Å². The van der Waals surface area contributed by atoms with Crippen molar-refractivity contribution in [2.24, 2.45) is 7.05 Å².